The molecule has 21 heavy (non-hydrogen) atoms. The van der Waals surface area contributed by atoms with Gasteiger partial charge in [0.05, 0.1) is 0 Å². The summed E-state index contributed by atoms with van der Waals surface area (Å²) in [5.74, 6) is 0.321. The molecule has 3 heteroatoms. The van der Waals surface area contributed by atoms with Crippen molar-refractivity contribution in [3.8, 4) is 0 Å². The van der Waals surface area contributed by atoms with Crippen molar-refractivity contribution in [2.24, 2.45) is 27.5 Å². The maximum atomic E-state index is 11.9. The maximum absolute atomic E-state index is 11.9. The minimum absolute atomic E-state index is 0.0788. The zero-order chi connectivity index (χ0) is 15.3. The van der Waals surface area contributed by atoms with Crippen molar-refractivity contribution in [1.29, 1.82) is 0 Å². The number of hydrogen-bond donors (Lipinski definition) is 1. The summed E-state index contributed by atoms with van der Waals surface area (Å²) in [6.07, 6.45) is 3.65. The van der Waals surface area contributed by atoms with Gasteiger partial charge in [-0.05, 0) is 30.7 Å². The Morgan fingerprint density at radius 2 is 1.95 bits per heavy atom. The van der Waals surface area contributed by atoms with Crippen LogP contribution in [-0.2, 0) is 4.79 Å². The fraction of sp³-hybridized carbons (Fsp3) is 0.556. The zero-order valence-corrected chi connectivity index (χ0v) is 13.1. The molecule has 2 N–H and O–H groups in total. The smallest absolute Gasteiger partial charge is 0.246 e. The summed E-state index contributed by atoms with van der Waals surface area (Å²) >= 11 is 0. The van der Waals surface area contributed by atoms with Crippen molar-refractivity contribution in [3.63, 3.8) is 0 Å². The second-order valence-electron chi connectivity index (χ2n) is 7.42. The van der Waals surface area contributed by atoms with Crippen molar-refractivity contribution < 1.29 is 4.79 Å². The summed E-state index contributed by atoms with van der Waals surface area (Å²) < 4.78 is 0. The lowest BCUT2D eigenvalue weighted by Gasteiger charge is -2.36. The standard InChI is InChI=1S/C18H24N2O/c1-17(2)13-9-10-18(3,11-13)16(17)20-14(15(19)21)12-7-5-4-6-8-12/h4-8,13-14H,9-11H2,1-3H3,(H2,19,21)/t13-,14+,18+/m0/s1. The van der Waals surface area contributed by atoms with Gasteiger partial charge in [-0.15, -0.1) is 0 Å². The van der Waals surface area contributed by atoms with Gasteiger partial charge >= 0.3 is 0 Å². The molecule has 1 aromatic rings. The number of aliphatic imine (C=N–C) groups is 1. The molecule has 2 bridgehead atoms. The van der Waals surface area contributed by atoms with Gasteiger partial charge in [-0.3, -0.25) is 9.79 Å². The number of amides is 1. The third-order valence-electron chi connectivity index (χ3n) is 5.59. The van der Waals surface area contributed by atoms with Crippen LogP contribution in [0.4, 0.5) is 0 Å². The highest BCUT2D eigenvalue weighted by molar-refractivity contribution is 5.99. The van der Waals surface area contributed by atoms with Gasteiger partial charge in [-0.1, -0.05) is 51.1 Å². The van der Waals surface area contributed by atoms with Crippen molar-refractivity contribution in [1.82, 2.24) is 0 Å². The number of hydrogen-bond acceptors (Lipinski definition) is 2. The molecule has 1 aromatic carbocycles. The first-order chi connectivity index (χ1) is 9.84. The van der Waals surface area contributed by atoms with Gasteiger partial charge in [-0.2, -0.15) is 0 Å². The van der Waals surface area contributed by atoms with E-state index in [1.165, 1.54) is 25.0 Å². The van der Waals surface area contributed by atoms with E-state index < -0.39 is 6.04 Å². The second kappa shape index (κ2) is 4.69. The second-order valence-corrected chi connectivity index (χ2v) is 7.42. The van der Waals surface area contributed by atoms with E-state index in [1.807, 2.05) is 30.3 Å². The number of nitrogens with zero attached hydrogens (tertiary/aromatic N) is 1. The number of rotatable bonds is 3. The van der Waals surface area contributed by atoms with Crippen LogP contribution in [0.15, 0.2) is 35.3 Å². The predicted molar refractivity (Wildman–Crippen MR) is 85.0 cm³/mol. The molecule has 0 aromatic heterocycles. The van der Waals surface area contributed by atoms with Crippen LogP contribution < -0.4 is 5.73 Å². The molecule has 1 amide bonds. The van der Waals surface area contributed by atoms with Gasteiger partial charge in [-0.25, -0.2) is 0 Å². The Morgan fingerprint density at radius 1 is 1.29 bits per heavy atom. The number of fused-ring (bicyclic) bond motifs is 2. The monoisotopic (exact) mass is 284 g/mol. The van der Waals surface area contributed by atoms with E-state index in [1.54, 1.807) is 0 Å². The van der Waals surface area contributed by atoms with Crippen LogP contribution in [0.3, 0.4) is 0 Å². The summed E-state index contributed by atoms with van der Waals surface area (Å²) in [7, 11) is 0. The third-order valence-corrected chi connectivity index (χ3v) is 5.59. The molecule has 112 valence electrons. The zero-order valence-electron chi connectivity index (χ0n) is 13.1. The number of benzene rings is 1. The lowest BCUT2D eigenvalue weighted by molar-refractivity contribution is -0.119. The normalized spacial score (nSPS) is 33.3. The summed E-state index contributed by atoms with van der Waals surface area (Å²) in [6.45, 7) is 6.83. The number of carbonyl (C=O) groups excluding carboxylic acids is 1. The highest BCUT2D eigenvalue weighted by Crippen LogP contribution is 2.60. The lowest BCUT2D eigenvalue weighted by atomic mass is 9.70. The van der Waals surface area contributed by atoms with Crippen LogP contribution in [0.1, 0.15) is 51.6 Å². The molecule has 0 unspecified atom stereocenters. The van der Waals surface area contributed by atoms with Crippen LogP contribution in [0.5, 0.6) is 0 Å². The molecule has 3 nitrogen and oxygen atoms in total. The van der Waals surface area contributed by atoms with Crippen molar-refractivity contribution in [2.75, 3.05) is 0 Å². The molecule has 0 radical (unpaired) electrons. The molecule has 0 saturated heterocycles. The van der Waals surface area contributed by atoms with Crippen molar-refractivity contribution >= 4 is 11.6 Å². The largest absolute Gasteiger partial charge is 0.368 e. The van der Waals surface area contributed by atoms with E-state index in [2.05, 4.69) is 20.8 Å². The minimum Gasteiger partial charge on any atom is -0.368 e. The molecule has 2 saturated carbocycles. The van der Waals surface area contributed by atoms with Gasteiger partial charge in [0.25, 0.3) is 0 Å². The first-order valence-electron chi connectivity index (χ1n) is 7.77. The summed E-state index contributed by atoms with van der Waals surface area (Å²) in [5, 5.41) is 0. The Bertz CT molecular complexity index is 584. The molecular weight excluding hydrogens is 260 g/mol. The Morgan fingerprint density at radius 3 is 2.48 bits per heavy atom. The highest BCUT2D eigenvalue weighted by atomic mass is 16.1. The van der Waals surface area contributed by atoms with E-state index >= 15 is 0 Å². The van der Waals surface area contributed by atoms with Gasteiger partial charge in [0.2, 0.25) is 5.91 Å². The van der Waals surface area contributed by atoms with E-state index in [-0.39, 0.29) is 16.7 Å². The number of carbonyl (C=O) groups is 1. The van der Waals surface area contributed by atoms with Crippen LogP contribution >= 0.6 is 0 Å². The summed E-state index contributed by atoms with van der Waals surface area (Å²) in [4.78, 5) is 16.8. The van der Waals surface area contributed by atoms with E-state index in [0.29, 0.717) is 5.92 Å². The average Bonchev–Trinajstić information content (AvgIpc) is 2.90. The molecular formula is C18H24N2O. The van der Waals surface area contributed by atoms with E-state index in [9.17, 15) is 4.79 Å². The van der Waals surface area contributed by atoms with E-state index in [4.69, 9.17) is 10.7 Å². The molecule has 0 aliphatic heterocycles. The Balaban J connectivity index is 2.04. The first kappa shape index (κ1) is 14.3. The Hall–Kier alpha value is -1.64. The van der Waals surface area contributed by atoms with Gasteiger partial charge in [0.1, 0.15) is 0 Å². The third kappa shape index (κ3) is 2.19. The number of primary amides is 1. The minimum atomic E-state index is -0.559. The fourth-order valence-corrected chi connectivity index (χ4v) is 4.43. The van der Waals surface area contributed by atoms with Crippen LogP contribution in [0.25, 0.3) is 0 Å². The van der Waals surface area contributed by atoms with Crippen LogP contribution in [-0.4, -0.2) is 11.6 Å². The molecule has 2 aliphatic carbocycles. The Kier molecular flexibility index (Phi) is 3.19. The quantitative estimate of drug-likeness (QED) is 0.907. The number of nitrogens with two attached hydrogens (primary N) is 1. The Labute approximate surface area is 126 Å². The van der Waals surface area contributed by atoms with Crippen molar-refractivity contribution in [2.45, 2.75) is 46.1 Å². The first-order valence-corrected chi connectivity index (χ1v) is 7.77. The molecule has 0 heterocycles. The molecule has 2 fully saturated rings. The summed E-state index contributed by atoms with van der Waals surface area (Å²) in [6, 6.07) is 9.11. The average molecular weight is 284 g/mol. The van der Waals surface area contributed by atoms with Crippen molar-refractivity contribution in [3.05, 3.63) is 35.9 Å². The maximum Gasteiger partial charge on any atom is 0.246 e. The lowest BCUT2D eigenvalue weighted by Crippen LogP contribution is -2.37. The fourth-order valence-electron chi connectivity index (χ4n) is 4.43. The molecule has 3 rings (SSSR count). The van der Waals surface area contributed by atoms with Gasteiger partial charge in [0.15, 0.2) is 6.04 Å². The van der Waals surface area contributed by atoms with Crippen LogP contribution in [0.2, 0.25) is 0 Å². The molecule has 0 spiro atoms. The highest BCUT2D eigenvalue weighted by Gasteiger charge is 2.57. The topological polar surface area (TPSA) is 55.4 Å². The predicted octanol–water partition coefficient (Wildman–Crippen LogP) is 3.50. The van der Waals surface area contributed by atoms with E-state index in [0.717, 1.165) is 5.56 Å². The molecule has 3 atom stereocenters. The van der Waals surface area contributed by atoms with Gasteiger partial charge < -0.3 is 5.73 Å². The molecule has 2 aliphatic rings. The van der Waals surface area contributed by atoms with Crippen LogP contribution in [0, 0.1) is 16.7 Å². The summed E-state index contributed by atoms with van der Waals surface area (Å²) in [5.41, 5.74) is 7.94. The van der Waals surface area contributed by atoms with Gasteiger partial charge in [0, 0.05) is 16.5 Å². The SMILES string of the molecule is CC1(C)C(=N[C@@H](C(N)=O)c2ccccc2)[C@]2(C)CC[C@H]1C2.